The maximum atomic E-state index is 12.7. The van der Waals surface area contributed by atoms with E-state index in [-0.39, 0.29) is 12.1 Å². The van der Waals surface area contributed by atoms with Crippen molar-refractivity contribution in [1.29, 1.82) is 0 Å². The molecule has 2 aromatic carbocycles. The number of carbonyl (C=O) groups excluding carboxylic acids is 1. The summed E-state index contributed by atoms with van der Waals surface area (Å²) >= 11 is 0. The lowest BCUT2D eigenvalue weighted by Gasteiger charge is -2.33. The van der Waals surface area contributed by atoms with Gasteiger partial charge in [-0.05, 0) is 36.8 Å². The van der Waals surface area contributed by atoms with E-state index in [1.807, 2.05) is 49.4 Å². The zero-order chi connectivity index (χ0) is 18.4. The van der Waals surface area contributed by atoms with Crippen molar-refractivity contribution < 1.29 is 18.8 Å². The van der Waals surface area contributed by atoms with Gasteiger partial charge in [0.1, 0.15) is 12.3 Å². The van der Waals surface area contributed by atoms with Crippen LogP contribution in [0, 0.1) is 0 Å². The molecule has 0 bridgehead atoms. The Morgan fingerprint density at radius 2 is 1.69 bits per heavy atom. The van der Waals surface area contributed by atoms with Gasteiger partial charge >= 0.3 is 5.97 Å². The van der Waals surface area contributed by atoms with Gasteiger partial charge in [-0.2, -0.15) is 0 Å². The Morgan fingerprint density at radius 1 is 1.04 bits per heavy atom. The Kier molecular flexibility index (Phi) is 5.94. The Hall–Kier alpha value is -2.33. The standard InChI is InChI=1S/C22H28NO3/c1-3-25-20-13-11-19(12-14-20)22(24)26-21(18-9-5-4-6-10-18)17-23(2)15-7-8-16-23/h4-6,9-14,21H,3,7-8,15-17H2,1-2H3/q+1. The number of carbonyl (C=O) groups is 1. The molecule has 1 saturated heterocycles. The van der Waals surface area contributed by atoms with Gasteiger partial charge in [0, 0.05) is 12.8 Å². The molecule has 138 valence electrons. The first-order valence-corrected chi connectivity index (χ1v) is 9.42. The molecule has 0 amide bonds. The first-order valence-electron chi connectivity index (χ1n) is 9.42. The second-order valence-corrected chi connectivity index (χ2v) is 7.22. The van der Waals surface area contributed by atoms with Crippen LogP contribution in [-0.4, -0.2) is 43.7 Å². The summed E-state index contributed by atoms with van der Waals surface area (Å²) in [5.41, 5.74) is 1.61. The Bertz CT molecular complexity index is 706. The molecule has 1 aliphatic rings. The minimum absolute atomic E-state index is 0.238. The maximum absolute atomic E-state index is 12.7. The van der Waals surface area contributed by atoms with Crippen molar-refractivity contribution in [3.8, 4) is 5.75 Å². The van der Waals surface area contributed by atoms with E-state index in [1.165, 1.54) is 12.8 Å². The molecule has 4 heteroatoms. The summed E-state index contributed by atoms with van der Waals surface area (Å²) < 4.78 is 12.3. The highest BCUT2D eigenvalue weighted by Crippen LogP contribution is 2.27. The highest BCUT2D eigenvalue weighted by molar-refractivity contribution is 5.89. The molecule has 0 aliphatic carbocycles. The fraction of sp³-hybridized carbons (Fsp3) is 0.409. The van der Waals surface area contributed by atoms with Gasteiger partial charge in [0.25, 0.3) is 0 Å². The molecule has 0 spiro atoms. The summed E-state index contributed by atoms with van der Waals surface area (Å²) in [4.78, 5) is 12.7. The summed E-state index contributed by atoms with van der Waals surface area (Å²) in [6, 6.07) is 17.2. The molecule has 0 radical (unpaired) electrons. The van der Waals surface area contributed by atoms with Crippen LogP contribution >= 0.6 is 0 Å². The lowest BCUT2D eigenvalue weighted by molar-refractivity contribution is -0.901. The molecule has 0 N–H and O–H groups in total. The normalized spacial score (nSPS) is 16.8. The first kappa shape index (κ1) is 18.5. The molecule has 26 heavy (non-hydrogen) atoms. The van der Waals surface area contributed by atoms with Crippen LogP contribution in [0.25, 0.3) is 0 Å². The third kappa shape index (κ3) is 4.64. The van der Waals surface area contributed by atoms with E-state index in [2.05, 4.69) is 7.05 Å². The fourth-order valence-corrected chi connectivity index (χ4v) is 3.61. The number of benzene rings is 2. The molecule has 4 nitrogen and oxygen atoms in total. The van der Waals surface area contributed by atoms with Crippen molar-refractivity contribution in [2.24, 2.45) is 0 Å². The van der Waals surface area contributed by atoms with E-state index >= 15 is 0 Å². The summed E-state index contributed by atoms with van der Waals surface area (Å²) in [7, 11) is 2.26. The average molecular weight is 354 g/mol. The van der Waals surface area contributed by atoms with E-state index in [9.17, 15) is 4.79 Å². The van der Waals surface area contributed by atoms with Gasteiger partial charge in [-0.3, -0.25) is 0 Å². The van der Waals surface area contributed by atoms with Crippen molar-refractivity contribution in [3.63, 3.8) is 0 Å². The van der Waals surface area contributed by atoms with Crippen molar-refractivity contribution in [1.82, 2.24) is 0 Å². The lowest BCUT2D eigenvalue weighted by Crippen LogP contribution is -2.44. The number of nitrogens with zero attached hydrogens (tertiary/aromatic N) is 1. The number of quaternary nitrogens is 1. The molecule has 1 aliphatic heterocycles. The van der Waals surface area contributed by atoms with E-state index in [1.54, 1.807) is 12.1 Å². The number of hydrogen-bond acceptors (Lipinski definition) is 3. The number of likely N-dealkylation sites (tertiary alicyclic amines) is 1. The highest BCUT2D eigenvalue weighted by atomic mass is 16.5. The smallest absolute Gasteiger partial charge is 0.338 e. The zero-order valence-electron chi connectivity index (χ0n) is 15.7. The van der Waals surface area contributed by atoms with Crippen LogP contribution in [0.1, 0.15) is 41.8 Å². The van der Waals surface area contributed by atoms with Gasteiger partial charge < -0.3 is 14.0 Å². The third-order valence-corrected chi connectivity index (χ3v) is 5.07. The molecule has 0 aromatic heterocycles. The molecule has 2 aromatic rings. The van der Waals surface area contributed by atoms with Crippen LogP contribution in [0.3, 0.4) is 0 Å². The van der Waals surface area contributed by atoms with Gasteiger partial charge in [-0.25, -0.2) is 4.79 Å². The van der Waals surface area contributed by atoms with E-state index in [0.29, 0.717) is 12.2 Å². The van der Waals surface area contributed by atoms with Crippen molar-refractivity contribution >= 4 is 5.97 Å². The van der Waals surface area contributed by atoms with Crippen LogP contribution in [0.4, 0.5) is 0 Å². The predicted octanol–water partition coefficient (Wildman–Crippen LogP) is 4.22. The van der Waals surface area contributed by atoms with E-state index in [4.69, 9.17) is 9.47 Å². The third-order valence-electron chi connectivity index (χ3n) is 5.07. The molecule has 1 unspecified atom stereocenters. The van der Waals surface area contributed by atoms with Gasteiger partial charge in [0.15, 0.2) is 6.10 Å². The Balaban J connectivity index is 1.75. The largest absolute Gasteiger partial charge is 0.494 e. The van der Waals surface area contributed by atoms with Crippen LogP contribution in [0.15, 0.2) is 54.6 Å². The molecule has 3 rings (SSSR count). The van der Waals surface area contributed by atoms with Crippen LogP contribution < -0.4 is 4.74 Å². The summed E-state index contributed by atoms with van der Waals surface area (Å²) in [5, 5.41) is 0. The fourth-order valence-electron chi connectivity index (χ4n) is 3.61. The summed E-state index contributed by atoms with van der Waals surface area (Å²) in [6.07, 6.45) is 2.24. The second kappa shape index (κ2) is 8.37. The first-order chi connectivity index (χ1) is 12.6. The van der Waals surface area contributed by atoms with Gasteiger partial charge in [-0.15, -0.1) is 0 Å². The lowest BCUT2D eigenvalue weighted by atomic mass is 10.1. The summed E-state index contributed by atoms with van der Waals surface area (Å²) in [6.45, 7) is 5.64. The number of esters is 1. The van der Waals surface area contributed by atoms with Crippen LogP contribution in [0.5, 0.6) is 5.75 Å². The monoisotopic (exact) mass is 354 g/mol. The van der Waals surface area contributed by atoms with E-state index in [0.717, 1.165) is 35.4 Å². The molecule has 1 fully saturated rings. The van der Waals surface area contributed by atoms with Crippen molar-refractivity contribution in [3.05, 3.63) is 65.7 Å². The van der Waals surface area contributed by atoms with Crippen LogP contribution in [0.2, 0.25) is 0 Å². The predicted molar refractivity (Wildman–Crippen MR) is 102 cm³/mol. The van der Waals surface area contributed by atoms with E-state index < -0.39 is 0 Å². The Morgan fingerprint density at radius 3 is 2.31 bits per heavy atom. The van der Waals surface area contributed by atoms with Gasteiger partial charge in [0.05, 0.1) is 32.3 Å². The minimum Gasteiger partial charge on any atom is -0.494 e. The van der Waals surface area contributed by atoms with Gasteiger partial charge in [-0.1, -0.05) is 30.3 Å². The average Bonchev–Trinajstić information content (AvgIpc) is 3.09. The van der Waals surface area contributed by atoms with Crippen molar-refractivity contribution in [2.75, 3.05) is 33.3 Å². The topological polar surface area (TPSA) is 35.5 Å². The second-order valence-electron chi connectivity index (χ2n) is 7.22. The SMILES string of the molecule is CCOc1ccc(C(=O)OC(C[N+]2(C)CCCC2)c2ccccc2)cc1. The quantitative estimate of drug-likeness (QED) is 0.551. The van der Waals surface area contributed by atoms with Crippen molar-refractivity contribution in [2.45, 2.75) is 25.9 Å². The Labute approximate surface area is 155 Å². The van der Waals surface area contributed by atoms with Crippen LogP contribution in [-0.2, 0) is 4.74 Å². The molecular formula is C22H28NO3+. The maximum Gasteiger partial charge on any atom is 0.338 e. The van der Waals surface area contributed by atoms with Gasteiger partial charge in [0.2, 0.25) is 0 Å². The molecular weight excluding hydrogens is 326 g/mol. The number of likely N-dealkylation sites (N-methyl/N-ethyl adjacent to an activating group) is 1. The molecule has 1 atom stereocenters. The number of hydrogen-bond donors (Lipinski definition) is 0. The molecule has 0 saturated carbocycles. The number of rotatable bonds is 7. The minimum atomic E-state index is -0.285. The zero-order valence-corrected chi connectivity index (χ0v) is 15.7. The number of ether oxygens (including phenoxy) is 2. The highest BCUT2D eigenvalue weighted by Gasteiger charge is 2.33. The summed E-state index contributed by atoms with van der Waals surface area (Å²) in [5.74, 6) is 0.478. The molecule has 1 heterocycles.